The fourth-order valence-electron chi connectivity index (χ4n) is 5.37. The normalized spacial score (nSPS) is 11.6. The third-order valence-corrected chi connectivity index (χ3v) is 9.42. The van der Waals surface area contributed by atoms with Gasteiger partial charge in [-0.2, -0.15) is 16.8 Å². The molecule has 0 saturated heterocycles. The highest BCUT2D eigenvalue weighted by atomic mass is 32.2. The highest BCUT2D eigenvalue weighted by Gasteiger charge is 2.20. The zero-order valence-electron chi connectivity index (χ0n) is 26.4. The summed E-state index contributed by atoms with van der Waals surface area (Å²) in [6.07, 6.45) is 0. The molecule has 0 radical (unpaired) electrons. The first-order valence-corrected chi connectivity index (χ1v) is 17.8. The van der Waals surface area contributed by atoms with Crippen LogP contribution >= 0.6 is 0 Å². The maximum atomic E-state index is 13.1. The SMILES string of the molecule is O=C(Nc1cccc(C(=O)Nc2cc(S(=O)(=O)O)c3cc(O)ccc3c2)c1)Nc1cccc(C(=O)Nc2cc(S(=O)(=O)O)c3cc(O)ccc3c2)c1. The Bertz CT molecular complexity index is 2500. The monoisotopic (exact) mass is 742 g/mol. The van der Waals surface area contributed by atoms with E-state index in [2.05, 4.69) is 21.3 Å². The minimum Gasteiger partial charge on any atom is -0.508 e. The predicted molar refractivity (Wildman–Crippen MR) is 192 cm³/mol. The molecule has 6 aromatic rings. The zero-order chi connectivity index (χ0) is 37.4. The van der Waals surface area contributed by atoms with E-state index in [1.165, 1.54) is 97.1 Å². The van der Waals surface area contributed by atoms with Gasteiger partial charge in [-0.25, -0.2) is 4.79 Å². The highest BCUT2D eigenvalue weighted by molar-refractivity contribution is 7.86. The van der Waals surface area contributed by atoms with Crippen LogP contribution in [-0.4, -0.2) is 54.0 Å². The Morgan fingerprint density at radius 2 is 0.865 bits per heavy atom. The molecule has 0 atom stereocenters. The molecule has 4 amide bonds. The zero-order valence-corrected chi connectivity index (χ0v) is 28.0. The van der Waals surface area contributed by atoms with Crippen molar-refractivity contribution >= 4 is 82.4 Å². The Labute approximate surface area is 295 Å². The largest absolute Gasteiger partial charge is 0.508 e. The lowest BCUT2D eigenvalue weighted by Gasteiger charge is -2.12. The van der Waals surface area contributed by atoms with Gasteiger partial charge in [0.1, 0.15) is 21.3 Å². The summed E-state index contributed by atoms with van der Waals surface area (Å²) in [6, 6.07) is 23.7. The number of phenols is 2. The number of carbonyl (C=O) groups is 3. The summed E-state index contributed by atoms with van der Waals surface area (Å²) >= 11 is 0. The van der Waals surface area contributed by atoms with Crippen molar-refractivity contribution in [3.05, 3.63) is 120 Å². The third kappa shape index (κ3) is 7.92. The second kappa shape index (κ2) is 13.6. The van der Waals surface area contributed by atoms with Crippen LogP contribution in [0.25, 0.3) is 21.5 Å². The van der Waals surface area contributed by atoms with Crippen LogP contribution in [-0.2, 0) is 20.2 Å². The fraction of sp³-hybridized carbons (Fsp3) is 0. The molecular weight excluding hydrogens is 717 g/mol. The number of aromatic hydroxyl groups is 2. The average molecular weight is 743 g/mol. The molecule has 0 aliphatic carbocycles. The number of hydrogen-bond acceptors (Lipinski definition) is 9. The van der Waals surface area contributed by atoms with Crippen LogP contribution < -0.4 is 21.3 Å². The van der Waals surface area contributed by atoms with Crippen molar-refractivity contribution < 1.29 is 50.5 Å². The summed E-state index contributed by atoms with van der Waals surface area (Å²) in [5.74, 6) is -1.79. The van der Waals surface area contributed by atoms with Gasteiger partial charge in [-0.15, -0.1) is 0 Å². The molecule has 15 nitrogen and oxygen atoms in total. The molecule has 0 saturated carbocycles. The quantitative estimate of drug-likeness (QED) is 0.0834. The maximum absolute atomic E-state index is 13.1. The van der Waals surface area contributed by atoms with Crippen molar-refractivity contribution in [2.45, 2.75) is 9.79 Å². The number of rotatable bonds is 8. The first-order chi connectivity index (χ1) is 24.5. The highest BCUT2D eigenvalue weighted by Crippen LogP contribution is 2.32. The van der Waals surface area contributed by atoms with Gasteiger partial charge in [-0.1, -0.05) is 24.3 Å². The van der Waals surface area contributed by atoms with E-state index in [-0.39, 0.29) is 56.1 Å². The standard InChI is InChI=1S/C35H26N4O11S2/c40-27-9-7-19-11-25(15-31(29(19)17-27)51(45,46)47)36-33(42)21-3-1-5-23(13-21)38-35(44)39-24-6-2-4-22(14-24)34(43)37-26-12-20-8-10-28(41)18-30(20)32(16-26)52(48,49)50/h1-18,40-41H,(H,36,42)(H,37,43)(H2,38,39,44)(H,45,46,47)(H,48,49,50). The molecule has 0 unspecified atom stereocenters. The van der Waals surface area contributed by atoms with E-state index in [1.54, 1.807) is 0 Å². The summed E-state index contributed by atoms with van der Waals surface area (Å²) in [4.78, 5) is 38.0. The molecule has 6 rings (SSSR count). The van der Waals surface area contributed by atoms with Gasteiger partial charge in [-0.3, -0.25) is 18.7 Å². The summed E-state index contributed by atoms with van der Waals surface area (Å²) in [6.45, 7) is 0. The second-order valence-corrected chi connectivity index (χ2v) is 14.1. The first-order valence-electron chi connectivity index (χ1n) is 14.9. The van der Waals surface area contributed by atoms with Crippen LogP contribution in [0.4, 0.5) is 27.5 Å². The number of carbonyl (C=O) groups excluding carboxylic acids is 3. The molecule has 264 valence electrons. The van der Waals surface area contributed by atoms with E-state index in [9.17, 15) is 50.5 Å². The topological polar surface area (TPSA) is 249 Å². The average Bonchev–Trinajstić information content (AvgIpc) is 3.07. The van der Waals surface area contributed by atoms with Crippen LogP contribution in [0, 0.1) is 0 Å². The first kappa shape index (κ1) is 35.3. The number of benzene rings is 6. The lowest BCUT2D eigenvalue weighted by Crippen LogP contribution is -2.20. The lowest BCUT2D eigenvalue weighted by atomic mass is 10.1. The van der Waals surface area contributed by atoms with E-state index >= 15 is 0 Å². The Hall–Kier alpha value is -6.53. The van der Waals surface area contributed by atoms with Crippen molar-refractivity contribution in [2.75, 3.05) is 21.3 Å². The molecular formula is C35H26N4O11S2. The summed E-state index contributed by atoms with van der Waals surface area (Å²) in [7, 11) is -9.45. The van der Waals surface area contributed by atoms with E-state index in [0.717, 1.165) is 12.1 Å². The number of hydrogen-bond donors (Lipinski definition) is 8. The minimum absolute atomic E-state index is 0.0376. The minimum atomic E-state index is -4.73. The molecule has 0 aliphatic heterocycles. The Balaban J connectivity index is 1.14. The van der Waals surface area contributed by atoms with Crippen LogP contribution in [0.3, 0.4) is 0 Å². The predicted octanol–water partition coefficient (Wildman–Crippen LogP) is 6.05. The molecule has 17 heteroatoms. The maximum Gasteiger partial charge on any atom is 0.323 e. The van der Waals surface area contributed by atoms with Crippen molar-refractivity contribution in [3.63, 3.8) is 0 Å². The molecule has 6 aromatic carbocycles. The van der Waals surface area contributed by atoms with Gasteiger partial charge in [0.15, 0.2) is 0 Å². The Kier molecular flexibility index (Phi) is 9.26. The van der Waals surface area contributed by atoms with Gasteiger partial charge < -0.3 is 31.5 Å². The third-order valence-electron chi connectivity index (χ3n) is 7.64. The molecule has 8 N–H and O–H groups in total. The fourth-order valence-corrected chi connectivity index (χ4v) is 6.83. The van der Waals surface area contributed by atoms with Crippen molar-refractivity contribution in [2.24, 2.45) is 0 Å². The molecule has 0 bridgehead atoms. The Morgan fingerprint density at radius 1 is 0.462 bits per heavy atom. The summed E-state index contributed by atoms with van der Waals surface area (Å²) in [5, 5.41) is 30.5. The van der Waals surface area contributed by atoms with E-state index in [4.69, 9.17) is 0 Å². The number of anilines is 4. The Morgan fingerprint density at radius 3 is 1.25 bits per heavy atom. The van der Waals surface area contributed by atoms with Gasteiger partial charge >= 0.3 is 6.03 Å². The molecule has 0 spiro atoms. The molecule has 0 aromatic heterocycles. The van der Waals surface area contributed by atoms with Gasteiger partial charge in [0.25, 0.3) is 32.1 Å². The number of fused-ring (bicyclic) bond motifs is 2. The molecule has 52 heavy (non-hydrogen) atoms. The van der Waals surface area contributed by atoms with Gasteiger partial charge in [0, 0.05) is 44.6 Å². The molecule has 0 fully saturated rings. The van der Waals surface area contributed by atoms with Crippen LogP contribution in [0.5, 0.6) is 11.5 Å². The molecule has 0 heterocycles. The molecule has 0 aliphatic rings. The van der Waals surface area contributed by atoms with Crippen LogP contribution in [0.2, 0.25) is 0 Å². The van der Waals surface area contributed by atoms with E-state index < -0.39 is 47.9 Å². The summed E-state index contributed by atoms with van der Waals surface area (Å²) < 4.78 is 67.6. The lowest BCUT2D eigenvalue weighted by molar-refractivity contribution is 0.101. The smallest absolute Gasteiger partial charge is 0.323 e. The van der Waals surface area contributed by atoms with E-state index in [1.807, 2.05) is 0 Å². The van der Waals surface area contributed by atoms with Gasteiger partial charge in [0.2, 0.25) is 0 Å². The summed E-state index contributed by atoms with van der Waals surface area (Å²) in [5.41, 5.74) is 0.639. The second-order valence-electron chi connectivity index (χ2n) is 11.4. The van der Waals surface area contributed by atoms with Crippen molar-refractivity contribution in [1.29, 1.82) is 0 Å². The van der Waals surface area contributed by atoms with Gasteiger partial charge in [-0.05, 0) is 95.7 Å². The van der Waals surface area contributed by atoms with Crippen LogP contribution in [0.15, 0.2) is 119 Å². The van der Waals surface area contributed by atoms with Crippen molar-refractivity contribution in [1.82, 2.24) is 0 Å². The number of amides is 4. The van der Waals surface area contributed by atoms with Crippen LogP contribution in [0.1, 0.15) is 20.7 Å². The number of phenolic OH excluding ortho intramolecular Hbond substituents is 2. The number of nitrogens with one attached hydrogen (secondary N) is 4. The number of urea groups is 1. The van der Waals surface area contributed by atoms with E-state index in [0.29, 0.717) is 10.8 Å². The van der Waals surface area contributed by atoms with Crippen molar-refractivity contribution in [3.8, 4) is 11.5 Å². The van der Waals surface area contributed by atoms with Gasteiger partial charge in [0.05, 0.1) is 0 Å².